The maximum atomic E-state index is 12.1. The van der Waals surface area contributed by atoms with Crippen LogP contribution in [-0.2, 0) is 4.79 Å². The van der Waals surface area contributed by atoms with Crippen molar-refractivity contribution in [2.45, 2.75) is 24.4 Å². The van der Waals surface area contributed by atoms with Gasteiger partial charge in [-0.2, -0.15) is 4.68 Å². The average molecular weight is 315 g/mol. The molecular weight excluding hydrogens is 298 g/mol. The van der Waals surface area contributed by atoms with E-state index in [2.05, 4.69) is 33.0 Å². The minimum absolute atomic E-state index is 0.0375. The van der Waals surface area contributed by atoms with Crippen LogP contribution in [0.3, 0.4) is 0 Å². The van der Waals surface area contributed by atoms with Crippen molar-refractivity contribution < 1.29 is 4.79 Å². The zero-order valence-corrected chi connectivity index (χ0v) is 13.1. The van der Waals surface area contributed by atoms with Crippen molar-refractivity contribution in [3.8, 4) is 5.69 Å². The summed E-state index contributed by atoms with van der Waals surface area (Å²) in [6, 6.07) is 7.53. The lowest BCUT2D eigenvalue weighted by atomic mass is 10.1. The molecule has 0 saturated heterocycles. The number of nitrogens with zero attached hydrogens (tertiary/aromatic N) is 4. The quantitative estimate of drug-likeness (QED) is 0.678. The second kappa shape index (κ2) is 6.74. The molecule has 1 aliphatic rings. The van der Waals surface area contributed by atoms with Gasteiger partial charge in [0.05, 0.1) is 5.69 Å². The van der Waals surface area contributed by atoms with Gasteiger partial charge in [-0.05, 0) is 53.6 Å². The number of nitrogens with one attached hydrogen (secondary N) is 1. The number of hydrogen-bond acceptors (Lipinski definition) is 5. The summed E-state index contributed by atoms with van der Waals surface area (Å²) in [6.45, 7) is 0. The number of tetrazole rings is 1. The number of thioether (sulfide) groups is 1. The molecule has 1 aromatic carbocycles. The van der Waals surface area contributed by atoms with Gasteiger partial charge >= 0.3 is 0 Å². The van der Waals surface area contributed by atoms with E-state index in [1.807, 2.05) is 30.5 Å². The second-order valence-electron chi connectivity index (χ2n) is 5.15. The molecule has 0 radical (unpaired) electrons. The fraction of sp³-hybridized carbons (Fsp3) is 0.333. The van der Waals surface area contributed by atoms with Gasteiger partial charge in [0.1, 0.15) is 0 Å². The first-order valence-electron chi connectivity index (χ1n) is 7.15. The molecule has 0 saturated carbocycles. The number of benzene rings is 1. The number of allylic oxidation sites excluding steroid dienone is 2. The highest BCUT2D eigenvalue weighted by atomic mass is 32.2. The van der Waals surface area contributed by atoms with Gasteiger partial charge in [-0.25, -0.2) is 0 Å². The van der Waals surface area contributed by atoms with E-state index in [9.17, 15) is 4.79 Å². The van der Waals surface area contributed by atoms with Crippen LogP contribution < -0.4 is 5.32 Å². The van der Waals surface area contributed by atoms with Gasteiger partial charge in [-0.15, -0.1) is 5.10 Å². The Bertz CT molecular complexity index is 697. The van der Waals surface area contributed by atoms with Crippen LogP contribution in [0.4, 0.5) is 5.69 Å². The molecule has 1 aromatic heterocycles. The molecule has 114 valence electrons. The van der Waals surface area contributed by atoms with Gasteiger partial charge < -0.3 is 5.32 Å². The number of carbonyl (C=O) groups excluding carboxylic acids is 1. The smallest absolute Gasteiger partial charge is 0.224 e. The van der Waals surface area contributed by atoms with Crippen molar-refractivity contribution in [1.29, 1.82) is 0 Å². The molecule has 22 heavy (non-hydrogen) atoms. The monoisotopic (exact) mass is 315 g/mol. The van der Waals surface area contributed by atoms with Crippen molar-refractivity contribution >= 4 is 23.4 Å². The summed E-state index contributed by atoms with van der Waals surface area (Å²) in [7, 11) is 0. The zero-order valence-electron chi connectivity index (χ0n) is 12.3. The fourth-order valence-electron chi connectivity index (χ4n) is 2.50. The molecule has 1 amide bonds. The van der Waals surface area contributed by atoms with E-state index in [0.717, 1.165) is 24.2 Å². The predicted octanol–water partition coefficient (Wildman–Crippen LogP) is 2.68. The molecule has 7 heteroatoms. The maximum Gasteiger partial charge on any atom is 0.224 e. The van der Waals surface area contributed by atoms with Crippen molar-refractivity contribution in [2.75, 3.05) is 11.6 Å². The number of amides is 1. The Hall–Kier alpha value is -2.15. The Labute approximate surface area is 133 Å². The topological polar surface area (TPSA) is 72.7 Å². The van der Waals surface area contributed by atoms with Crippen molar-refractivity contribution in [3.05, 3.63) is 36.4 Å². The minimum Gasteiger partial charge on any atom is -0.326 e. The van der Waals surface area contributed by atoms with Crippen LogP contribution in [0.1, 0.15) is 19.3 Å². The van der Waals surface area contributed by atoms with Gasteiger partial charge in [0.2, 0.25) is 11.1 Å². The van der Waals surface area contributed by atoms with Crippen LogP contribution in [0.2, 0.25) is 0 Å². The van der Waals surface area contributed by atoms with Gasteiger partial charge in [0, 0.05) is 12.1 Å². The Morgan fingerprint density at radius 3 is 3.18 bits per heavy atom. The lowest BCUT2D eigenvalue weighted by Gasteiger charge is -2.10. The molecule has 1 heterocycles. The summed E-state index contributed by atoms with van der Waals surface area (Å²) in [5.74, 6) is 0.404. The highest BCUT2D eigenvalue weighted by Gasteiger charge is 2.14. The lowest BCUT2D eigenvalue weighted by Crippen LogP contribution is -2.15. The summed E-state index contributed by atoms with van der Waals surface area (Å²) < 4.78 is 1.65. The van der Waals surface area contributed by atoms with E-state index < -0.39 is 0 Å². The number of hydrogen-bond donors (Lipinski definition) is 1. The van der Waals surface area contributed by atoms with Crippen LogP contribution in [0.15, 0.2) is 41.6 Å². The molecule has 2 aromatic rings. The van der Waals surface area contributed by atoms with E-state index in [1.165, 1.54) is 11.8 Å². The molecule has 0 bridgehead atoms. The normalized spacial score (nSPS) is 16.9. The summed E-state index contributed by atoms with van der Waals surface area (Å²) in [5, 5.41) is 15.2. The minimum atomic E-state index is 0.0375. The molecule has 0 fully saturated rings. The van der Waals surface area contributed by atoms with Crippen LogP contribution in [0.5, 0.6) is 0 Å². The highest BCUT2D eigenvalue weighted by molar-refractivity contribution is 7.98. The lowest BCUT2D eigenvalue weighted by molar-refractivity contribution is -0.116. The summed E-state index contributed by atoms with van der Waals surface area (Å²) in [4.78, 5) is 12.1. The maximum absolute atomic E-state index is 12.1. The first kappa shape index (κ1) is 14.8. The molecular formula is C15H17N5OS. The summed E-state index contributed by atoms with van der Waals surface area (Å²) in [5.41, 5.74) is 1.58. The number of aromatic nitrogens is 4. The average Bonchev–Trinajstić information content (AvgIpc) is 3.18. The molecule has 6 nitrogen and oxygen atoms in total. The summed E-state index contributed by atoms with van der Waals surface area (Å²) >= 11 is 1.47. The Morgan fingerprint density at radius 2 is 2.41 bits per heavy atom. The van der Waals surface area contributed by atoms with E-state index >= 15 is 0 Å². The summed E-state index contributed by atoms with van der Waals surface area (Å²) in [6.07, 6.45) is 8.85. The van der Waals surface area contributed by atoms with Crippen LogP contribution in [0, 0.1) is 5.92 Å². The van der Waals surface area contributed by atoms with Gasteiger partial charge in [0.15, 0.2) is 0 Å². The molecule has 0 aliphatic heterocycles. The molecule has 0 spiro atoms. The van der Waals surface area contributed by atoms with Crippen molar-refractivity contribution in [1.82, 2.24) is 20.2 Å². The first-order chi connectivity index (χ1) is 10.8. The fourth-order valence-corrected chi connectivity index (χ4v) is 2.93. The third-order valence-corrected chi connectivity index (χ3v) is 4.18. The molecule has 0 unspecified atom stereocenters. The van der Waals surface area contributed by atoms with E-state index in [1.54, 1.807) is 4.68 Å². The Morgan fingerprint density at radius 1 is 1.50 bits per heavy atom. The molecule has 1 N–H and O–H groups in total. The third kappa shape index (κ3) is 3.36. The predicted molar refractivity (Wildman–Crippen MR) is 86.0 cm³/mol. The number of rotatable bonds is 5. The zero-order chi connectivity index (χ0) is 15.4. The first-order valence-corrected chi connectivity index (χ1v) is 8.38. The number of carbonyl (C=O) groups is 1. The standard InChI is InChI=1S/C15H17N5OS/c1-22-15-17-18-19-20(15)13-8-4-7-12(10-13)16-14(21)9-11-5-2-3-6-11/h2,4-5,7-8,10-11H,3,6,9H2,1H3,(H,16,21)/t11-/m0/s1. The van der Waals surface area contributed by atoms with Gasteiger partial charge in [0.25, 0.3) is 0 Å². The SMILES string of the molecule is CSc1nnnn1-c1cccc(NC(=O)C[C@H]2C=CCC2)c1. The van der Waals surface area contributed by atoms with Crippen molar-refractivity contribution in [2.24, 2.45) is 5.92 Å². The second-order valence-corrected chi connectivity index (χ2v) is 5.92. The van der Waals surface area contributed by atoms with Crippen molar-refractivity contribution in [3.63, 3.8) is 0 Å². The van der Waals surface area contributed by atoms with Gasteiger partial charge in [-0.3, -0.25) is 4.79 Å². The van der Waals surface area contributed by atoms with Gasteiger partial charge in [-0.1, -0.05) is 30.0 Å². The van der Waals surface area contributed by atoms with E-state index in [4.69, 9.17) is 0 Å². The Kier molecular flexibility index (Phi) is 4.53. The number of anilines is 1. The Balaban J connectivity index is 1.71. The van der Waals surface area contributed by atoms with E-state index in [-0.39, 0.29) is 5.91 Å². The third-order valence-electron chi connectivity index (χ3n) is 3.56. The molecule has 1 atom stereocenters. The van der Waals surface area contributed by atoms with Crippen LogP contribution >= 0.6 is 11.8 Å². The highest BCUT2D eigenvalue weighted by Crippen LogP contribution is 2.22. The molecule has 3 rings (SSSR count). The largest absolute Gasteiger partial charge is 0.326 e. The molecule has 1 aliphatic carbocycles. The van der Waals surface area contributed by atoms with E-state index in [0.29, 0.717) is 17.5 Å². The van der Waals surface area contributed by atoms with Crippen LogP contribution in [-0.4, -0.2) is 32.4 Å². The van der Waals surface area contributed by atoms with Crippen LogP contribution in [0.25, 0.3) is 5.69 Å².